The zero-order chi connectivity index (χ0) is 13.8. The molecule has 0 saturated carbocycles. The highest BCUT2D eigenvalue weighted by molar-refractivity contribution is 6.39. The van der Waals surface area contributed by atoms with Crippen molar-refractivity contribution in [2.24, 2.45) is 0 Å². The number of piperazine rings is 1. The molecule has 1 aromatic rings. The van der Waals surface area contributed by atoms with Gasteiger partial charge in [-0.1, -0.05) is 18.2 Å². The minimum atomic E-state index is -0.556. The van der Waals surface area contributed by atoms with Gasteiger partial charge in [0, 0.05) is 31.9 Å². The van der Waals surface area contributed by atoms with Crippen LogP contribution in [0.5, 0.6) is 0 Å². The van der Waals surface area contributed by atoms with Crippen LogP contribution >= 0.6 is 0 Å². The van der Waals surface area contributed by atoms with E-state index in [1.54, 1.807) is 4.90 Å². The van der Waals surface area contributed by atoms with Gasteiger partial charge in [0.15, 0.2) is 0 Å². The Labute approximate surface area is 113 Å². The summed E-state index contributed by atoms with van der Waals surface area (Å²) in [6.07, 6.45) is 0. The van der Waals surface area contributed by atoms with Gasteiger partial charge in [0.2, 0.25) is 0 Å². The fourth-order valence-corrected chi connectivity index (χ4v) is 2.19. The van der Waals surface area contributed by atoms with E-state index < -0.39 is 11.8 Å². The summed E-state index contributed by atoms with van der Waals surface area (Å²) in [5.74, 6) is -1.01. The van der Waals surface area contributed by atoms with Crippen molar-refractivity contribution in [2.75, 3.05) is 31.5 Å². The van der Waals surface area contributed by atoms with Crippen LogP contribution in [0.25, 0.3) is 0 Å². The molecule has 0 radical (unpaired) electrons. The van der Waals surface area contributed by atoms with E-state index in [0.29, 0.717) is 13.1 Å². The summed E-state index contributed by atoms with van der Waals surface area (Å²) in [4.78, 5) is 25.6. The zero-order valence-electron chi connectivity index (χ0n) is 11.3. The first-order valence-corrected chi connectivity index (χ1v) is 6.47. The van der Waals surface area contributed by atoms with Crippen molar-refractivity contribution in [3.63, 3.8) is 0 Å². The fraction of sp³-hybridized carbons (Fsp3) is 0.429. The Balaban J connectivity index is 2.06. The number of amides is 2. The highest BCUT2D eigenvalue weighted by Gasteiger charge is 2.23. The second-order valence-corrected chi connectivity index (χ2v) is 4.76. The lowest BCUT2D eigenvalue weighted by atomic mass is 10.1. The molecule has 2 amide bonds. The SMILES string of the molecule is Cc1cccc(C)c1NC(=O)C(=O)N1CCNCC1. The first kappa shape index (κ1) is 13.5. The van der Waals surface area contributed by atoms with E-state index in [-0.39, 0.29) is 0 Å². The number of rotatable bonds is 1. The summed E-state index contributed by atoms with van der Waals surface area (Å²) >= 11 is 0. The maximum Gasteiger partial charge on any atom is 0.313 e. The minimum absolute atomic E-state index is 0.454. The Morgan fingerprint density at radius 2 is 1.74 bits per heavy atom. The van der Waals surface area contributed by atoms with E-state index in [0.717, 1.165) is 29.9 Å². The van der Waals surface area contributed by atoms with Gasteiger partial charge in [-0.25, -0.2) is 0 Å². The molecule has 0 unspecified atom stereocenters. The van der Waals surface area contributed by atoms with Crippen LogP contribution in [-0.4, -0.2) is 42.9 Å². The molecule has 1 aliphatic heterocycles. The van der Waals surface area contributed by atoms with Crippen molar-refractivity contribution >= 4 is 17.5 Å². The molecule has 0 bridgehead atoms. The fourth-order valence-electron chi connectivity index (χ4n) is 2.19. The summed E-state index contributed by atoms with van der Waals surface area (Å²) < 4.78 is 0. The third kappa shape index (κ3) is 3.12. The van der Waals surface area contributed by atoms with Gasteiger partial charge in [0.1, 0.15) is 0 Å². The number of nitrogens with one attached hydrogen (secondary N) is 2. The number of para-hydroxylation sites is 1. The molecule has 0 aliphatic carbocycles. The normalized spacial score (nSPS) is 15.2. The molecule has 19 heavy (non-hydrogen) atoms. The predicted octanol–water partition coefficient (Wildman–Crippen LogP) is 0.674. The van der Waals surface area contributed by atoms with E-state index in [1.165, 1.54) is 0 Å². The Kier molecular flexibility index (Phi) is 4.16. The van der Waals surface area contributed by atoms with Crippen LogP contribution in [0.4, 0.5) is 5.69 Å². The van der Waals surface area contributed by atoms with E-state index in [9.17, 15) is 9.59 Å². The average molecular weight is 261 g/mol. The third-order valence-corrected chi connectivity index (χ3v) is 3.32. The molecule has 1 fully saturated rings. The molecule has 1 heterocycles. The Morgan fingerprint density at radius 1 is 1.16 bits per heavy atom. The second-order valence-electron chi connectivity index (χ2n) is 4.76. The van der Waals surface area contributed by atoms with E-state index in [1.807, 2.05) is 32.0 Å². The number of hydrogen-bond donors (Lipinski definition) is 2. The van der Waals surface area contributed by atoms with Crippen molar-refractivity contribution < 1.29 is 9.59 Å². The lowest BCUT2D eigenvalue weighted by Gasteiger charge is -2.26. The Hall–Kier alpha value is -1.88. The van der Waals surface area contributed by atoms with Gasteiger partial charge < -0.3 is 15.5 Å². The maximum absolute atomic E-state index is 12.0. The highest BCUT2D eigenvalue weighted by Crippen LogP contribution is 2.19. The average Bonchev–Trinajstić information content (AvgIpc) is 2.43. The summed E-state index contributed by atoms with van der Waals surface area (Å²) in [5, 5.41) is 5.88. The van der Waals surface area contributed by atoms with Crippen molar-refractivity contribution in [2.45, 2.75) is 13.8 Å². The molecule has 0 atom stereocenters. The third-order valence-electron chi connectivity index (χ3n) is 3.32. The van der Waals surface area contributed by atoms with Gasteiger partial charge in [-0.3, -0.25) is 9.59 Å². The lowest BCUT2D eigenvalue weighted by Crippen LogP contribution is -2.50. The van der Waals surface area contributed by atoms with Gasteiger partial charge >= 0.3 is 11.8 Å². The second kappa shape index (κ2) is 5.84. The zero-order valence-corrected chi connectivity index (χ0v) is 11.3. The molecule has 1 saturated heterocycles. The molecule has 5 heteroatoms. The first-order valence-electron chi connectivity index (χ1n) is 6.47. The minimum Gasteiger partial charge on any atom is -0.332 e. The smallest absolute Gasteiger partial charge is 0.313 e. The van der Waals surface area contributed by atoms with Crippen LogP contribution < -0.4 is 10.6 Å². The molecule has 5 nitrogen and oxygen atoms in total. The summed E-state index contributed by atoms with van der Waals surface area (Å²) in [6.45, 7) is 6.47. The number of aryl methyl sites for hydroxylation is 2. The van der Waals surface area contributed by atoms with Crippen LogP contribution in [0.3, 0.4) is 0 Å². The molecule has 1 aromatic carbocycles. The van der Waals surface area contributed by atoms with Crippen LogP contribution in [0.15, 0.2) is 18.2 Å². The molecule has 102 valence electrons. The number of carbonyl (C=O) groups excluding carboxylic acids is 2. The Morgan fingerprint density at radius 3 is 2.32 bits per heavy atom. The number of nitrogens with zero attached hydrogens (tertiary/aromatic N) is 1. The molecule has 2 rings (SSSR count). The van der Waals surface area contributed by atoms with Gasteiger partial charge in [-0.2, -0.15) is 0 Å². The standard InChI is InChI=1S/C14H19N3O2/c1-10-4-3-5-11(2)12(10)16-13(18)14(19)17-8-6-15-7-9-17/h3-5,15H,6-9H2,1-2H3,(H,16,18). The molecule has 1 aliphatic rings. The molecule has 2 N–H and O–H groups in total. The van der Waals surface area contributed by atoms with Crippen molar-refractivity contribution in [1.29, 1.82) is 0 Å². The van der Waals surface area contributed by atoms with E-state index in [4.69, 9.17) is 0 Å². The van der Waals surface area contributed by atoms with Crippen molar-refractivity contribution in [1.82, 2.24) is 10.2 Å². The van der Waals surface area contributed by atoms with E-state index >= 15 is 0 Å². The molecular formula is C14H19N3O2. The van der Waals surface area contributed by atoms with Crippen molar-refractivity contribution in [3.8, 4) is 0 Å². The quantitative estimate of drug-likeness (QED) is 0.731. The van der Waals surface area contributed by atoms with Crippen LogP contribution in [0.2, 0.25) is 0 Å². The first-order chi connectivity index (χ1) is 9.09. The number of carbonyl (C=O) groups is 2. The van der Waals surface area contributed by atoms with Gasteiger partial charge in [0.05, 0.1) is 0 Å². The molecule has 0 spiro atoms. The van der Waals surface area contributed by atoms with Gasteiger partial charge in [-0.05, 0) is 25.0 Å². The van der Waals surface area contributed by atoms with E-state index in [2.05, 4.69) is 10.6 Å². The maximum atomic E-state index is 12.0. The number of benzene rings is 1. The predicted molar refractivity (Wildman–Crippen MR) is 74.0 cm³/mol. The largest absolute Gasteiger partial charge is 0.332 e. The van der Waals surface area contributed by atoms with Crippen LogP contribution in [0.1, 0.15) is 11.1 Å². The monoisotopic (exact) mass is 261 g/mol. The lowest BCUT2D eigenvalue weighted by molar-refractivity contribution is -0.143. The van der Waals surface area contributed by atoms with Crippen LogP contribution in [-0.2, 0) is 9.59 Å². The van der Waals surface area contributed by atoms with Gasteiger partial charge in [-0.15, -0.1) is 0 Å². The highest BCUT2D eigenvalue weighted by atomic mass is 16.2. The Bertz CT molecular complexity index is 473. The topological polar surface area (TPSA) is 61.4 Å². The summed E-state index contributed by atoms with van der Waals surface area (Å²) in [7, 11) is 0. The number of anilines is 1. The number of hydrogen-bond acceptors (Lipinski definition) is 3. The molecule has 0 aromatic heterocycles. The van der Waals surface area contributed by atoms with Gasteiger partial charge in [0.25, 0.3) is 0 Å². The van der Waals surface area contributed by atoms with Crippen molar-refractivity contribution in [3.05, 3.63) is 29.3 Å². The van der Waals surface area contributed by atoms with Crippen LogP contribution in [0, 0.1) is 13.8 Å². The summed E-state index contributed by atoms with van der Waals surface area (Å²) in [6, 6.07) is 5.76. The molecular weight excluding hydrogens is 242 g/mol. The summed E-state index contributed by atoms with van der Waals surface area (Å²) in [5.41, 5.74) is 2.65.